The van der Waals surface area contributed by atoms with E-state index in [1.54, 1.807) is 4.68 Å². The van der Waals surface area contributed by atoms with Crippen molar-refractivity contribution in [3.8, 4) is 0 Å². The highest BCUT2D eigenvalue weighted by molar-refractivity contribution is 5.03. The fourth-order valence-electron chi connectivity index (χ4n) is 1.60. The average Bonchev–Trinajstić information content (AvgIpc) is 2.84. The second-order valence-electron chi connectivity index (χ2n) is 4.28. The van der Waals surface area contributed by atoms with Gasteiger partial charge in [-0.1, -0.05) is 0 Å². The Kier molecular flexibility index (Phi) is 2.56. The van der Waals surface area contributed by atoms with Gasteiger partial charge in [0.2, 0.25) is 0 Å². The summed E-state index contributed by atoms with van der Waals surface area (Å²) in [7, 11) is 1.92. The predicted octanol–water partition coefficient (Wildman–Crippen LogP) is 0.282. The van der Waals surface area contributed by atoms with Crippen molar-refractivity contribution in [2.75, 3.05) is 13.2 Å². The van der Waals surface area contributed by atoms with E-state index in [0.717, 1.165) is 25.9 Å². The van der Waals surface area contributed by atoms with Crippen molar-refractivity contribution < 1.29 is 5.11 Å². The van der Waals surface area contributed by atoms with Gasteiger partial charge in [-0.25, -0.2) is 0 Å². The number of aliphatic hydroxyl groups is 1. The second kappa shape index (κ2) is 3.71. The van der Waals surface area contributed by atoms with Gasteiger partial charge < -0.3 is 10.4 Å². The molecule has 0 spiro atoms. The zero-order valence-electron chi connectivity index (χ0n) is 8.53. The molecule has 0 aromatic carbocycles. The van der Waals surface area contributed by atoms with Crippen molar-refractivity contribution in [1.29, 1.82) is 0 Å². The van der Waals surface area contributed by atoms with Crippen molar-refractivity contribution in [2.45, 2.75) is 19.4 Å². The summed E-state index contributed by atoms with van der Waals surface area (Å²) >= 11 is 0. The van der Waals surface area contributed by atoms with Crippen LogP contribution in [0.2, 0.25) is 0 Å². The number of hydrogen-bond acceptors (Lipinski definition) is 3. The van der Waals surface area contributed by atoms with E-state index in [1.807, 2.05) is 19.4 Å². The fraction of sp³-hybridized carbons (Fsp3) is 0.700. The summed E-state index contributed by atoms with van der Waals surface area (Å²) in [5.41, 5.74) is 1.39. The summed E-state index contributed by atoms with van der Waals surface area (Å²) in [6, 6.07) is 0. The van der Waals surface area contributed by atoms with Crippen LogP contribution in [-0.2, 0) is 13.6 Å². The number of nitrogens with zero attached hydrogens (tertiary/aromatic N) is 2. The summed E-state index contributed by atoms with van der Waals surface area (Å²) in [5.74, 6) is 0. The Labute approximate surface area is 83.9 Å². The number of rotatable bonds is 5. The minimum Gasteiger partial charge on any atom is -0.396 e. The minimum absolute atomic E-state index is 0.197. The van der Waals surface area contributed by atoms with Crippen LogP contribution in [0.15, 0.2) is 12.4 Å². The molecular weight excluding hydrogens is 178 g/mol. The lowest BCUT2D eigenvalue weighted by molar-refractivity contribution is 0.207. The van der Waals surface area contributed by atoms with Gasteiger partial charge in [0.1, 0.15) is 0 Å². The van der Waals surface area contributed by atoms with Crippen LogP contribution < -0.4 is 5.32 Å². The van der Waals surface area contributed by atoms with Gasteiger partial charge in [0.15, 0.2) is 0 Å². The largest absolute Gasteiger partial charge is 0.396 e. The maximum absolute atomic E-state index is 9.10. The molecule has 0 aliphatic heterocycles. The molecule has 0 amide bonds. The molecule has 1 fully saturated rings. The first-order chi connectivity index (χ1) is 6.74. The molecule has 4 heteroatoms. The monoisotopic (exact) mass is 195 g/mol. The molecule has 0 saturated heterocycles. The van der Waals surface area contributed by atoms with Gasteiger partial charge >= 0.3 is 0 Å². The Hall–Kier alpha value is -0.870. The standard InChI is InChI=1S/C10H17N3O/c1-13-6-9(5-12-13)4-11-7-10(8-14)2-3-10/h5-6,11,14H,2-4,7-8H2,1H3. The van der Waals surface area contributed by atoms with Crippen LogP contribution in [0.25, 0.3) is 0 Å². The van der Waals surface area contributed by atoms with E-state index in [0.29, 0.717) is 6.61 Å². The molecule has 78 valence electrons. The van der Waals surface area contributed by atoms with E-state index < -0.39 is 0 Å². The predicted molar refractivity (Wildman–Crippen MR) is 53.7 cm³/mol. The zero-order chi connectivity index (χ0) is 10.0. The molecule has 0 atom stereocenters. The lowest BCUT2D eigenvalue weighted by atomic mass is 10.1. The van der Waals surface area contributed by atoms with Gasteiger partial charge in [-0.05, 0) is 12.8 Å². The molecule has 2 N–H and O–H groups in total. The van der Waals surface area contributed by atoms with Crippen LogP contribution in [0.1, 0.15) is 18.4 Å². The van der Waals surface area contributed by atoms with Crippen LogP contribution >= 0.6 is 0 Å². The summed E-state index contributed by atoms with van der Waals surface area (Å²) in [6.45, 7) is 2.07. The van der Waals surface area contributed by atoms with Crippen molar-refractivity contribution in [3.63, 3.8) is 0 Å². The molecular formula is C10H17N3O. The molecule has 1 aromatic rings. The van der Waals surface area contributed by atoms with Gasteiger partial charge in [-0.2, -0.15) is 5.10 Å². The number of aliphatic hydroxyl groups excluding tert-OH is 1. The highest BCUT2D eigenvalue weighted by atomic mass is 16.3. The van der Waals surface area contributed by atoms with E-state index in [4.69, 9.17) is 5.11 Å². The van der Waals surface area contributed by atoms with Crippen molar-refractivity contribution in [2.24, 2.45) is 12.5 Å². The van der Waals surface area contributed by atoms with Crippen molar-refractivity contribution in [3.05, 3.63) is 18.0 Å². The number of aromatic nitrogens is 2. The summed E-state index contributed by atoms with van der Waals surface area (Å²) in [6.07, 6.45) is 6.18. The lowest BCUT2D eigenvalue weighted by Crippen LogP contribution is -2.25. The Morgan fingerprint density at radius 1 is 1.64 bits per heavy atom. The normalized spacial score (nSPS) is 18.4. The van der Waals surface area contributed by atoms with E-state index in [1.165, 1.54) is 5.56 Å². The first kappa shape index (κ1) is 9.68. The molecule has 14 heavy (non-hydrogen) atoms. The van der Waals surface area contributed by atoms with E-state index >= 15 is 0 Å². The first-order valence-corrected chi connectivity index (χ1v) is 5.03. The molecule has 4 nitrogen and oxygen atoms in total. The number of nitrogens with one attached hydrogen (secondary N) is 1. The van der Waals surface area contributed by atoms with Crippen molar-refractivity contribution in [1.82, 2.24) is 15.1 Å². The second-order valence-corrected chi connectivity index (χ2v) is 4.28. The highest BCUT2D eigenvalue weighted by Gasteiger charge is 2.41. The van der Waals surface area contributed by atoms with Crippen LogP contribution in [-0.4, -0.2) is 28.0 Å². The Morgan fingerprint density at radius 3 is 2.93 bits per heavy atom. The molecule has 1 heterocycles. The van der Waals surface area contributed by atoms with Gasteiger partial charge in [-0.3, -0.25) is 4.68 Å². The third kappa shape index (κ3) is 2.13. The highest BCUT2D eigenvalue weighted by Crippen LogP contribution is 2.44. The number of aryl methyl sites for hydroxylation is 1. The zero-order valence-corrected chi connectivity index (χ0v) is 8.53. The SMILES string of the molecule is Cn1cc(CNCC2(CO)CC2)cn1. The van der Waals surface area contributed by atoms with Crippen LogP contribution in [0.4, 0.5) is 0 Å². The third-order valence-corrected chi connectivity index (χ3v) is 2.88. The Morgan fingerprint density at radius 2 is 2.43 bits per heavy atom. The fourth-order valence-corrected chi connectivity index (χ4v) is 1.60. The number of hydrogen-bond donors (Lipinski definition) is 2. The molecule has 0 radical (unpaired) electrons. The van der Waals surface area contributed by atoms with Gasteiger partial charge in [-0.15, -0.1) is 0 Å². The van der Waals surface area contributed by atoms with E-state index in [9.17, 15) is 0 Å². The summed E-state index contributed by atoms with van der Waals surface area (Å²) < 4.78 is 1.80. The molecule has 0 unspecified atom stereocenters. The minimum atomic E-state index is 0.197. The van der Waals surface area contributed by atoms with E-state index in [2.05, 4.69) is 10.4 Å². The molecule has 1 aromatic heterocycles. The van der Waals surface area contributed by atoms with E-state index in [-0.39, 0.29) is 5.41 Å². The van der Waals surface area contributed by atoms with Crippen molar-refractivity contribution >= 4 is 0 Å². The smallest absolute Gasteiger partial charge is 0.0534 e. The molecule has 1 saturated carbocycles. The lowest BCUT2D eigenvalue weighted by Gasteiger charge is -2.11. The maximum atomic E-state index is 9.10. The van der Waals surface area contributed by atoms with Crippen LogP contribution in [0, 0.1) is 5.41 Å². The Bertz CT molecular complexity index is 304. The topological polar surface area (TPSA) is 50.1 Å². The summed E-state index contributed by atoms with van der Waals surface area (Å²) in [5, 5.41) is 16.6. The third-order valence-electron chi connectivity index (χ3n) is 2.88. The molecule has 0 bridgehead atoms. The Balaban J connectivity index is 1.73. The first-order valence-electron chi connectivity index (χ1n) is 5.03. The molecule has 2 rings (SSSR count). The van der Waals surface area contributed by atoms with Gasteiger partial charge in [0.05, 0.1) is 6.20 Å². The van der Waals surface area contributed by atoms with Crippen LogP contribution in [0.5, 0.6) is 0 Å². The summed E-state index contributed by atoms with van der Waals surface area (Å²) in [4.78, 5) is 0. The molecule has 1 aliphatic carbocycles. The van der Waals surface area contributed by atoms with Gasteiger partial charge in [0.25, 0.3) is 0 Å². The van der Waals surface area contributed by atoms with Crippen LogP contribution in [0.3, 0.4) is 0 Å². The quantitative estimate of drug-likeness (QED) is 0.709. The molecule has 1 aliphatic rings. The maximum Gasteiger partial charge on any atom is 0.0534 e. The average molecular weight is 195 g/mol. The van der Waals surface area contributed by atoms with Gasteiger partial charge in [0, 0.05) is 43.9 Å².